The molecule has 1 aromatic rings. The number of phosphoric acid groups is 1. The third-order valence-corrected chi connectivity index (χ3v) is 3.12. The van der Waals surface area contributed by atoms with Gasteiger partial charge < -0.3 is 4.52 Å². The second kappa shape index (κ2) is 4.76. The lowest BCUT2D eigenvalue weighted by Crippen LogP contribution is -2.12. The molecule has 0 radical (unpaired) electrons. The maximum atomic E-state index is 11.2. The van der Waals surface area contributed by atoms with Crippen molar-refractivity contribution in [3.63, 3.8) is 0 Å². The largest absolute Gasteiger partial charge is 0.544 e. The predicted molar refractivity (Wildman–Crippen MR) is 62.5 cm³/mol. The first-order valence-electron chi connectivity index (χ1n) is 4.68. The van der Waals surface area contributed by atoms with Gasteiger partial charge >= 0.3 is 7.82 Å². The van der Waals surface area contributed by atoms with E-state index in [2.05, 4.69) is 4.08 Å². The first-order valence-corrected chi connectivity index (χ1v) is 6.49. The van der Waals surface area contributed by atoms with Gasteiger partial charge in [0, 0.05) is 5.56 Å². The van der Waals surface area contributed by atoms with Crippen LogP contribution in [0.2, 0.25) is 0 Å². The monoisotopic (exact) mass is 264 g/mol. The molecule has 0 aliphatic carbocycles. The summed E-state index contributed by atoms with van der Waals surface area (Å²) < 4.78 is 19.9. The average Bonchev–Trinajstić information content (AvgIpc) is 2.16. The zero-order chi connectivity index (χ0) is 12.4. The van der Waals surface area contributed by atoms with Crippen molar-refractivity contribution >= 4 is 19.7 Å². The van der Waals surface area contributed by atoms with Gasteiger partial charge in [0.25, 0.3) is 0 Å². The Hall–Kier alpha value is -0.540. The van der Waals surface area contributed by atoms with Crippen LogP contribution < -0.4 is 4.52 Å². The molecule has 4 nitrogen and oxygen atoms in total. The molecule has 90 valence electrons. The summed E-state index contributed by atoms with van der Waals surface area (Å²) >= 11 is 4.87. The van der Waals surface area contributed by atoms with Crippen molar-refractivity contribution in [2.75, 3.05) is 0 Å². The molecule has 0 spiro atoms. The molecular formula is C10H14ClO4P. The Balaban J connectivity index is 3.11. The zero-order valence-electron chi connectivity index (χ0n) is 9.31. The molecule has 0 amide bonds. The third-order valence-electron chi connectivity index (χ3n) is 2.00. The van der Waals surface area contributed by atoms with Gasteiger partial charge in [-0.25, -0.2) is 4.57 Å². The minimum atomic E-state index is -4.23. The van der Waals surface area contributed by atoms with Crippen molar-refractivity contribution in [2.24, 2.45) is 0 Å². The Morgan fingerprint density at radius 3 is 2.38 bits per heavy atom. The van der Waals surface area contributed by atoms with Gasteiger partial charge in [-0.05, 0) is 11.5 Å². The Morgan fingerprint density at radius 2 is 1.88 bits per heavy atom. The van der Waals surface area contributed by atoms with Gasteiger partial charge in [-0.3, -0.25) is 4.89 Å². The van der Waals surface area contributed by atoms with Crippen LogP contribution >= 0.6 is 19.7 Å². The lowest BCUT2D eigenvalue weighted by molar-refractivity contribution is 0.297. The number of para-hydroxylation sites is 1. The van der Waals surface area contributed by atoms with Crippen LogP contribution in [-0.2, 0) is 14.1 Å². The fourth-order valence-electron chi connectivity index (χ4n) is 1.30. The Labute approximate surface area is 99.9 Å². The lowest BCUT2D eigenvalue weighted by Gasteiger charge is -2.22. The summed E-state index contributed by atoms with van der Waals surface area (Å²) in [4.78, 5) is 9.15. The van der Waals surface area contributed by atoms with E-state index in [1.807, 2.05) is 32.9 Å². The molecule has 1 aromatic carbocycles. The lowest BCUT2D eigenvalue weighted by atomic mass is 9.86. The normalized spacial score (nSPS) is 15.6. The molecule has 1 rings (SSSR count). The molecule has 0 saturated heterocycles. The third kappa shape index (κ3) is 3.49. The SMILES string of the molecule is CC(C)(C)c1ccccc1OP(=O)(O)OCl. The number of hydrogen-bond donors (Lipinski definition) is 1. The van der Waals surface area contributed by atoms with E-state index < -0.39 is 7.82 Å². The summed E-state index contributed by atoms with van der Waals surface area (Å²) in [5.41, 5.74) is 0.598. The van der Waals surface area contributed by atoms with E-state index >= 15 is 0 Å². The van der Waals surface area contributed by atoms with Crippen LogP contribution in [0, 0.1) is 0 Å². The predicted octanol–water partition coefficient (Wildman–Crippen LogP) is 3.63. The second-order valence-corrected chi connectivity index (χ2v) is 6.05. The van der Waals surface area contributed by atoms with E-state index in [0.717, 1.165) is 5.56 Å². The van der Waals surface area contributed by atoms with Crippen LogP contribution in [0.25, 0.3) is 0 Å². The molecule has 1 unspecified atom stereocenters. The van der Waals surface area contributed by atoms with Gasteiger partial charge in [-0.1, -0.05) is 39.0 Å². The zero-order valence-corrected chi connectivity index (χ0v) is 11.0. The van der Waals surface area contributed by atoms with E-state index in [1.54, 1.807) is 12.1 Å². The fourth-order valence-corrected chi connectivity index (χ4v) is 1.82. The van der Waals surface area contributed by atoms with Crippen molar-refractivity contribution in [1.29, 1.82) is 0 Å². The number of hydrogen-bond acceptors (Lipinski definition) is 3. The van der Waals surface area contributed by atoms with Gasteiger partial charge in [0.05, 0.1) is 11.9 Å². The summed E-state index contributed by atoms with van der Waals surface area (Å²) in [5, 5.41) is 0. The van der Waals surface area contributed by atoms with Crippen LogP contribution in [0.5, 0.6) is 5.75 Å². The van der Waals surface area contributed by atoms with Crippen molar-refractivity contribution in [1.82, 2.24) is 0 Å². The van der Waals surface area contributed by atoms with Crippen LogP contribution in [0.1, 0.15) is 26.3 Å². The fraction of sp³-hybridized carbons (Fsp3) is 0.400. The molecule has 0 aliphatic rings. The van der Waals surface area contributed by atoms with Crippen molar-refractivity contribution in [2.45, 2.75) is 26.2 Å². The van der Waals surface area contributed by atoms with Crippen molar-refractivity contribution in [3.8, 4) is 5.75 Å². The van der Waals surface area contributed by atoms with E-state index in [4.69, 9.17) is 21.3 Å². The highest BCUT2D eigenvalue weighted by molar-refractivity contribution is 7.48. The Bertz CT molecular complexity index is 414. The molecule has 0 saturated carbocycles. The first-order chi connectivity index (χ1) is 7.26. The highest BCUT2D eigenvalue weighted by atomic mass is 35.5. The van der Waals surface area contributed by atoms with Crippen molar-refractivity contribution in [3.05, 3.63) is 29.8 Å². The maximum absolute atomic E-state index is 11.2. The Morgan fingerprint density at radius 1 is 1.31 bits per heavy atom. The molecule has 16 heavy (non-hydrogen) atoms. The summed E-state index contributed by atoms with van der Waals surface area (Å²) in [6, 6.07) is 6.96. The minimum Gasteiger partial charge on any atom is -0.403 e. The number of halogens is 1. The standard InChI is InChI=1S/C10H14ClO4P/c1-10(2,3)8-6-4-5-7-9(8)14-16(12,13)15-11/h4-7H,1-3H3,(H,12,13). The highest BCUT2D eigenvalue weighted by Crippen LogP contribution is 2.47. The molecule has 0 bridgehead atoms. The summed E-state index contributed by atoms with van der Waals surface area (Å²) in [7, 11) is -4.23. The second-order valence-electron chi connectivity index (χ2n) is 4.38. The van der Waals surface area contributed by atoms with Crippen LogP contribution in [0.15, 0.2) is 24.3 Å². The molecule has 1 N–H and O–H groups in total. The molecule has 0 aromatic heterocycles. The molecule has 1 atom stereocenters. The van der Waals surface area contributed by atoms with E-state index in [1.165, 1.54) is 0 Å². The van der Waals surface area contributed by atoms with Gasteiger partial charge in [0.15, 0.2) is 0 Å². The number of phosphoric ester groups is 1. The number of benzene rings is 1. The molecular weight excluding hydrogens is 251 g/mol. The maximum Gasteiger partial charge on any atom is 0.544 e. The van der Waals surface area contributed by atoms with Crippen LogP contribution in [0.3, 0.4) is 0 Å². The van der Waals surface area contributed by atoms with E-state index in [0.29, 0.717) is 5.75 Å². The highest BCUT2D eigenvalue weighted by Gasteiger charge is 2.26. The van der Waals surface area contributed by atoms with E-state index in [9.17, 15) is 4.57 Å². The van der Waals surface area contributed by atoms with Crippen molar-refractivity contribution < 1.29 is 18.1 Å². The topological polar surface area (TPSA) is 55.8 Å². The first kappa shape index (κ1) is 13.5. The van der Waals surface area contributed by atoms with Gasteiger partial charge in [0.1, 0.15) is 5.75 Å². The molecule has 0 heterocycles. The molecule has 0 fully saturated rings. The summed E-state index contributed by atoms with van der Waals surface area (Å²) in [6.45, 7) is 5.91. The van der Waals surface area contributed by atoms with Crippen LogP contribution in [0.4, 0.5) is 0 Å². The van der Waals surface area contributed by atoms with Gasteiger partial charge in [-0.15, -0.1) is 0 Å². The Kier molecular flexibility index (Phi) is 4.02. The minimum absolute atomic E-state index is 0.205. The smallest absolute Gasteiger partial charge is 0.403 e. The average molecular weight is 265 g/mol. The van der Waals surface area contributed by atoms with E-state index in [-0.39, 0.29) is 5.41 Å². The molecule has 6 heteroatoms. The van der Waals surface area contributed by atoms with Crippen LogP contribution in [-0.4, -0.2) is 4.89 Å². The number of rotatable bonds is 3. The van der Waals surface area contributed by atoms with Gasteiger partial charge in [-0.2, -0.15) is 4.08 Å². The summed E-state index contributed by atoms with van der Waals surface area (Å²) in [6.07, 6.45) is 0. The molecule has 0 aliphatic heterocycles. The summed E-state index contributed by atoms with van der Waals surface area (Å²) in [5.74, 6) is 0.293. The van der Waals surface area contributed by atoms with Gasteiger partial charge in [0.2, 0.25) is 0 Å². The quantitative estimate of drug-likeness (QED) is 0.847.